The molecule has 7 nitrogen and oxygen atoms in total. The molecule has 0 aromatic heterocycles. The summed E-state index contributed by atoms with van der Waals surface area (Å²) in [4.78, 5) is 21.9. The number of benzene rings is 1. The Morgan fingerprint density at radius 3 is 2.38 bits per heavy atom. The van der Waals surface area contributed by atoms with Crippen molar-refractivity contribution < 1.29 is 32.4 Å². The molecule has 24 heavy (non-hydrogen) atoms. The first-order chi connectivity index (χ1) is 11.1. The molecule has 1 aromatic rings. The Kier molecular flexibility index (Phi) is 4.83. The predicted octanol–water partition coefficient (Wildman–Crippen LogP) is 1.94. The first kappa shape index (κ1) is 17.8. The zero-order valence-electron chi connectivity index (χ0n) is 11.9. The maximum absolute atomic E-state index is 13.0. The van der Waals surface area contributed by atoms with E-state index in [0.717, 1.165) is 12.1 Å². The first-order valence-corrected chi connectivity index (χ1v) is 6.57. The van der Waals surface area contributed by atoms with E-state index >= 15 is 0 Å². The molecular weight excluding hydrogens is 338 g/mol. The third kappa shape index (κ3) is 3.35. The van der Waals surface area contributed by atoms with Gasteiger partial charge in [-0.25, -0.2) is 17.6 Å². The molecule has 0 spiro atoms. The molecule has 0 aliphatic carbocycles. The molecule has 1 amide bonds. The minimum atomic E-state index is -3.50. The van der Waals surface area contributed by atoms with Gasteiger partial charge < -0.3 is 5.11 Å². The average Bonchev–Trinajstić information content (AvgIpc) is 2.87. The number of rotatable bonds is 5. The molecule has 0 unspecified atom stereocenters. The highest BCUT2D eigenvalue weighted by Crippen LogP contribution is 2.33. The quantitative estimate of drug-likeness (QED) is 0.499. The van der Waals surface area contributed by atoms with E-state index in [0.29, 0.717) is 0 Å². The highest BCUT2D eigenvalue weighted by molar-refractivity contribution is 5.93. The van der Waals surface area contributed by atoms with Crippen LogP contribution in [0.1, 0.15) is 12.0 Å². The van der Waals surface area contributed by atoms with E-state index in [2.05, 4.69) is 5.10 Å². The van der Waals surface area contributed by atoms with Gasteiger partial charge in [0.15, 0.2) is 0 Å². The SMILES string of the molecule is O=C(Cc1ccc([N+](=O)[O-])cc1)N1N=C(C(F)F)C[C@@]1(O)C(F)F. The summed E-state index contributed by atoms with van der Waals surface area (Å²) in [5.74, 6) is -1.14. The standard InChI is InChI=1S/C13H11F4N3O4/c14-11(15)9-6-13(22,12(16)17)19(18-9)10(21)5-7-1-3-8(4-2-7)20(23)24/h1-4,11-12,22H,5-6H2/t13-/m1/s1. The third-order valence-corrected chi connectivity index (χ3v) is 3.38. The van der Waals surface area contributed by atoms with Crippen molar-refractivity contribution in [1.29, 1.82) is 0 Å². The number of nitro benzene ring substituents is 1. The molecule has 2 rings (SSSR count). The summed E-state index contributed by atoms with van der Waals surface area (Å²) in [6, 6.07) is 4.62. The van der Waals surface area contributed by atoms with Crippen molar-refractivity contribution in [3.63, 3.8) is 0 Å². The fourth-order valence-electron chi connectivity index (χ4n) is 2.14. The number of nitro groups is 1. The summed E-state index contributed by atoms with van der Waals surface area (Å²) in [5, 5.41) is 23.4. The molecule has 0 bridgehead atoms. The van der Waals surface area contributed by atoms with E-state index in [9.17, 15) is 37.6 Å². The predicted molar refractivity (Wildman–Crippen MR) is 72.7 cm³/mol. The lowest BCUT2D eigenvalue weighted by molar-refractivity contribution is -0.384. The largest absolute Gasteiger partial charge is 0.364 e. The fraction of sp³-hybridized carbons (Fsp3) is 0.385. The Morgan fingerprint density at radius 2 is 1.92 bits per heavy atom. The number of amides is 1. The van der Waals surface area contributed by atoms with Crippen LogP contribution in [0.25, 0.3) is 0 Å². The van der Waals surface area contributed by atoms with Crippen LogP contribution in [-0.2, 0) is 11.2 Å². The van der Waals surface area contributed by atoms with E-state index in [1.54, 1.807) is 0 Å². The van der Waals surface area contributed by atoms with Crippen molar-refractivity contribution in [3.05, 3.63) is 39.9 Å². The number of carbonyl (C=O) groups excluding carboxylic acids is 1. The first-order valence-electron chi connectivity index (χ1n) is 6.57. The molecule has 0 fully saturated rings. The molecular formula is C13H11F4N3O4. The number of carbonyl (C=O) groups is 1. The molecule has 0 radical (unpaired) electrons. The topological polar surface area (TPSA) is 96.0 Å². The summed E-state index contributed by atoms with van der Waals surface area (Å²) >= 11 is 0. The maximum Gasteiger partial charge on any atom is 0.287 e. The van der Waals surface area contributed by atoms with Gasteiger partial charge in [-0.15, -0.1) is 0 Å². The van der Waals surface area contributed by atoms with Crippen molar-refractivity contribution in [2.24, 2.45) is 5.10 Å². The van der Waals surface area contributed by atoms with Gasteiger partial charge in [0.1, 0.15) is 5.71 Å². The Balaban J connectivity index is 2.21. The van der Waals surface area contributed by atoms with Gasteiger partial charge in [0.25, 0.3) is 18.5 Å². The Hall–Kier alpha value is -2.56. The summed E-state index contributed by atoms with van der Waals surface area (Å²) in [6.07, 6.45) is -8.40. The number of alkyl halides is 4. The van der Waals surface area contributed by atoms with Crippen molar-refractivity contribution in [2.75, 3.05) is 0 Å². The fourth-order valence-corrected chi connectivity index (χ4v) is 2.14. The normalized spacial score (nSPS) is 20.6. The number of halogens is 4. The van der Waals surface area contributed by atoms with E-state index in [-0.39, 0.29) is 16.3 Å². The van der Waals surface area contributed by atoms with Crippen LogP contribution in [0.3, 0.4) is 0 Å². The number of hydrogen-bond donors (Lipinski definition) is 1. The van der Waals surface area contributed by atoms with Crippen LogP contribution in [0.4, 0.5) is 23.2 Å². The number of nitrogens with zero attached hydrogens (tertiary/aromatic N) is 3. The molecule has 1 atom stereocenters. The van der Waals surface area contributed by atoms with Gasteiger partial charge in [0.2, 0.25) is 11.6 Å². The van der Waals surface area contributed by atoms with Crippen LogP contribution in [0.5, 0.6) is 0 Å². The molecule has 0 saturated heterocycles. The Morgan fingerprint density at radius 1 is 1.33 bits per heavy atom. The van der Waals surface area contributed by atoms with E-state index in [1.807, 2.05) is 0 Å². The van der Waals surface area contributed by atoms with E-state index < -0.39 is 48.0 Å². The van der Waals surface area contributed by atoms with Gasteiger partial charge >= 0.3 is 0 Å². The second kappa shape index (κ2) is 6.51. The summed E-state index contributed by atoms with van der Waals surface area (Å²) in [5.41, 5.74) is -4.18. The monoisotopic (exact) mass is 349 g/mol. The van der Waals surface area contributed by atoms with Crippen LogP contribution >= 0.6 is 0 Å². The number of aliphatic hydroxyl groups is 1. The van der Waals surface area contributed by atoms with Crippen LogP contribution in [0, 0.1) is 10.1 Å². The van der Waals surface area contributed by atoms with Gasteiger partial charge in [0, 0.05) is 18.6 Å². The average molecular weight is 349 g/mol. The summed E-state index contributed by atoms with van der Waals surface area (Å²) in [6.45, 7) is 0. The van der Waals surface area contributed by atoms with Gasteiger partial charge in [-0.05, 0) is 5.56 Å². The Labute approximate surface area is 132 Å². The lowest BCUT2D eigenvalue weighted by Crippen LogP contribution is -2.52. The molecule has 11 heteroatoms. The second-order valence-electron chi connectivity index (χ2n) is 5.05. The molecule has 0 saturated carbocycles. The van der Waals surface area contributed by atoms with Crippen LogP contribution in [0.2, 0.25) is 0 Å². The lowest BCUT2D eigenvalue weighted by Gasteiger charge is -2.30. The molecule has 1 heterocycles. The molecule has 1 aliphatic rings. The molecule has 1 N–H and O–H groups in total. The minimum absolute atomic E-state index is 0.0411. The van der Waals surface area contributed by atoms with Gasteiger partial charge in [-0.3, -0.25) is 14.9 Å². The lowest BCUT2D eigenvalue weighted by atomic mass is 10.1. The zero-order valence-corrected chi connectivity index (χ0v) is 11.9. The van der Waals surface area contributed by atoms with Crippen LogP contribution in [0.15, 0.2) is 29.4 Å². The van der Waals surface area contributed by atoms with Crippen LogP contribution < -0.4 is 0 Å². The van der Waals surface area contributed by atoms with Crippen molar-refractivity contribution in [2.45, 2.75) is 31.4 Å². The number of hydrogen-bond acceptors (Lipinski definition) is 5. The van der Waals surface area contributed by atoms with Gasteiger partial charge in [-0.1, -0.05) is 12.1 Å². The highest BCUT2D eigenvalue weighted by atomic mass is 19.3. The minimum Gasteiger partial charge on any atom is -0.364 e. The number of non-ortho nitro benzene ring substituents is 1. The van der Waals surface area contributed by atoms with Gasteiger partial charge in [-0.2, -0.15) is 10.1 Å². The maximum atomic E-state index is 13.0. The van der Waals surface area contributed by atoms with Crippen molar-refractivity contribution >= 4 is 17.3 Å². The molecule has 130 valence electrons. The van der Waals surface area contributed by atoms with Crippen LogP contribution in [-0.4, -0.2) is 45.2 Å². The highest BCUT2D eigenvalue weighted by Gasteiger charge is 2.53. The summed E-state index contributed by atoms with van der Waals surface area (Å²) in [7, 11) is 0. The third-order valence-electron chi connectivity index (χ3n) is 3.38. The summed E-state index contributed by atoms with van der Waals surface area (Å²) < 4.78 is 51.3. The van der Waals surface area contributed by atoms with Gasteiger partial charge in [0.05, 0.1) is 11.3 Å². The van der Waals surface area contributed by atoms with E-state index in [4.69, 9.17) is 0 Å². The Bertz CT molecular complexity index is 680. The smallest absolute Gasteiger partial charge is 0.287 e. The molecule has 1 aromatic carbocycles. The van der Waals surface area contributed by atoms with E-state index in [1.165, 1.54) is 12.1 Å². The molecule has 1 aliphatic heterocycles. The zero-order chi connectivity index (χ0) is 18.1. The van der Waals surface area contributed by atoms with Crippen molar-refractivity contribution in [1.82, 2.24) is 5.01 Å². The van der Waals surface area contributed by atoms with Crippen molar-refractivity contribution in [3.8, 4) is 0 Å². The number of hydrazone groups is 1. The second-order valence-corrected chi connectivity index (χ2v) is 5.05.